The van der Waals surface area contributed by atoms with E-state index < -0.39 is 11.0 Å². The SMILES string of the molecule is CC[C@H](C(=O)N[C@@H](C)CC)N(Cc1ccccc1C)C(=O)Cc1ccccc1[N+](=O)[O-]. The third-order valence-electron chi connectivity index (χ3n) is 5.52. The van der Waals surface area contributed by atoms with E-state index in [2.05, 4.69) is 5.32 Å². The Morgan fingerprint density at radius 1 is 1.03 bits per heavy atom. The lowest BCUT2D eigenvalue weighted by atomic mass is 10.0. The van der Waals surface area contributed by atoms with Crippen LogP contribution >= 0.6 is 0 Å². The number of hydrogen-bond donors (Lipinski definition) is 1. The number of benzene rings is 2. The van der Waals surface area contributed by atoms with E-state index in [9.17, 15) is 19.7 Å². The van der Waals surface area contributed by atoms with Crippen molar-refractivity contribution in [3.05, 3.63) is 75.3 Å². The zero-order valence-electron chi connectivity index (χ0n) is 18.6. The Kier molecular flexibility index (Phi) is 8.73. The summed E-state index contributed by atoms with van der Waals surface area (Å²) in [5.41, 5.74) is 2.20. The van der Waals surface area contributed by atoms with Crippen LogP contribution in [-0.2, 0) is 22.6 Å². The number of rotatable bonds is 10. The third-order valence-corrected chi connectivity index (χ3v) is 5.52. The van der Waals surface area contributed by atoms with Crippen molar-refractivity contribution in [1.82, 2.24) is 10.2 Å². The lowest BCUT2D eigenvalue weighted by Gasteiger charge is -2.32. The largest absolute Gasteiger partial charge is 0.352 e. The summed E-state index contributed by atoms with van der Waals surface area (Å²) < 4.78 is 0. The second-order valence-corrected chi connectivity index (χ2v) is 7.75. The Labute approximate surface area is 183 Å². The fourth-order valence-electron chi connectivity index (χ4n) is 3.43. The number of carbonyl (C=O) groups excluding carboxylic acids is 2. The van der Waals surface area contributed by atoms with E-state index in [1.54, 1.807) is 23.1 Å². The van der Waals surface area contributed by atoms with Gasteiger partial charge in [-0.3, -0.25) is 19.7 Å². The Balaban J connectivity index is 2.38. The van der Waals surface area contributed by atoms with Gasteiger partial charge in [0.2, 0.25) is 11.8 Å². The fraction of sp³-hybridized carbons (Fsp3) is 0.417. The lowest BCUT2D eigenvalue weighted by molar-refractivity contribution is -0.385. The van der Waals surface area contributed by atoms with Crippen LogP contribution in [0.25, 0.3) is 0 Å². The molecule has 7 heteroatoms. The third kappa shape index (κ3) is 6.38. The van der Waals surface area contributed by atoms with E-state index >= 15 is 0 Å². The second-order valence-electron chi connectivity index (χ2n) is 7.75. The molecule has 166 valence electrons. The van der Waals surface area contributed by atoms with Crippen molar-refractivity contribution < 1.29 is 14.5 Å². The van der Waals surface area contributed by atoms with Crippen molar-refractivity contribution in [1.29, 1.82) is 0 Å². The van der Waals surface area contributed by atoms with Crippen molar-refractivity contribution in [3.8, 4) is 0 Å². The number of carbonyl (C=O) groups is 2. The molecule has 7 nitrogen and oxygen atoms in total. The average molecular weight is 426 g/mol. The van der Waals surface area contributed by atoms with Gasteiger partial charge in [-0.25, -0.2) is 0 Å². The van der Waals surface area contributed by atoms with Gasteiger partial charge < -0.3 is 10.2 Å². The minimum absolute atomic E-state index is 0.00725. The molecule has 0 aliphatic rings. The van der Waals surface area contributed by atoms with E-state index in [4.69, 9.17) is 0 Å². The molecule has 2 rings (SSSR count). The van der Waals surface area contributed by atoms with Crippen LogP contribution < -0.4 is 5.32 Å². The van der Waals surface area contributed by atoms with Gasteiger partial charge in [-0.2, -0.15) is 0 Å². The van der Waals surface area contributed by atoms with Gasteiger partial charge >= 0.3 is 0 Å². The molecular weight excluding hydrogens is 394 g/mol. The van der Waals surface area contributed by atoms with Gasteiger partial charge in [0.15, 0.2) is 0 Å². The van der Waals surface area contributed by atoms with Gasteiger partial charge in [0.25, 0.3) is 5.69 Å². The fourth-order valence-corrected chi connectivity index (χ4v) is 3.43. The predicted molar refractivity (Wildman–Crippen MR) is 121 cm³/mol. The van der Waals surface area contributed by atoms with Crippen LogP contribution in [0.3, 0.4) is 0 Å². The van der Waals surface area contributed by atoms with Gasteiger partial charge in [-0.1, -0.05) is 56.3 Å². The standard InChI is InChI=1S/C24H31N3O4/c1-5-18(4)25-24(29)21(6-2)26(16-20-13-8-7-11-17(20)3)23(28)15-19-12-9-10-14-22(19)27(30)31/h7-14,18,21H,5-6,15-16H2,1-4H3,(H,25,29)/t18-,21+/m0/s1. The molecule has 0 unspecified atom stereocenters. The van der Waals surface area contributed by atoms with Crippen LogP contribution in [0.15, 0.2) is 48.5 Å². The first kappa shape index (κ1) is 24.1. The van der Waals surface area contributed by atoms with Gasteiger partial charge in [-0.15, -0.1) is 0 Å². The summed E-state index contributed by atoms with van der Waals surface area (Å²) in [6.45, 7) is 7.99. The predicted octanol–water partition coefficient (Wildman–Crippen LogP) is 4.17. The molecule has 0 spiro atoms. The number of nitrogens with zero attached hydrogens (tertiary/aromatic N) is 2. The first-order valence-corrected chi connectivity index (χ1v) is 10.6. The number of nitro benzene ring substituents is 1. The lowest BCUT2D eigenvalue weighted by Crippen LogP contribution is -2.51. The van der Waals surface area contributed by atoms with Crippen LogP contribution in [0.1, 0.15) is 50.3 Å². The molecule has 2 atom stereocenters. The highest BCUT2D eigenvalue weighted by atomic mass is 16.6. The van der Waals surface area contributed by atoms with Crippen molar-refractivity contribution in [2.75, 3.05) is 0 Å². The molecule has 0 bridgehead atoms. The van der Waals surface area contributed by atoms with Gasteiger partial charge in [0.05, 0.1) is 11.3 Å². The van der Waals surface area contributed by atoms with Crippen LogP contribution in [0.2, 0.25) is 0 Å². The van der Waals surface area contributed by atoms with Crippen LogP contribution in [-0.4, -0.2) is 33.7 Å². The molecule has 0 fully saturated rings. The van der Waals surface area contributed by atoms with Crippen molar-refractivity contribution >= 4 is 17.5 Å². The number of hydrogen-bond acceptors (Lipinski definition) is 4. The van der Waals surface area contributed by atoms with E-state index in [0.29, 0.717) is 12.0 Å². The maximum Gasteiger partial charge on any atom is 0.273 e. The molecule has 0 heterocycles. The molecule has 2 aromatic carbocycles. The molecule has 0 radical (unpaired) electrons. The Hall–Kier alpha value is -3.22. The van der Waals surface area contributed by atoms with E-state index in [0.717, 1.165) is 17.5 Å². The quantitative estimate of drug-likeness (QED) is 0.457. The van der Waals surface area contributed by atoms with Crippen molar-refractivity contribution in [2.24, 2.45) is 0 Å². The summed E-state index contributed by atoms with van der Waals surface area (Å²) in [7, 11) is 0. The molecule has 2 aromatic rings. The summed E-state index contributed by atoms with van der Waals surface area (Å²) in [5.74, 6) is -0.523. The molecule has 31 heavy (non-hydrogen) atoms. The van der Waals surface area contributed by atoms with Crippen LogP contribution in [0.5, 0.6) is 0 Å². The van der Waals surface area contributed by atoms with E-state index in [-0.39, 0.29) is 36.5 Å². The van der Waals surface area contributed by atoms with Crippen LogP contribution in [0, 0.1) is 17.0 Å². The number of para-hydroxylation sites is 1. The monoisotopic (exact) mass is 425 g/mol. The number of nitro groups is 1. The van der Waals surface area contributed by atoms with E-state index in [1.807, 2.05) is 52.0 Å². The minimum Gasteiger partial charge on any atom is -0.352 e. The Morgan fingerprint density at radius 3 is 2.23 bits per heavy atom. The summed E-state index contributed by atoms with van der Waals surface area (Å²) in [5, 5.41) is 14.3. The molecule has 0 aromatic heterocycles. The number of aryl methyl sites for hydroxylation is 1. The summed E-state index contributed by atoms with van der Waals surface area (Å²) in [6.07, 6.45) is 1.08. The molecule has 2 amide bonds. The average Bonchev–Trinajstić information content (AvgIpc) is 2.74. The molecule has 0 aliphatic heterocycles. The van der Waals surface area contributed by atoms with Crippen molar-refractivity contribution in [3.63, 3.8) is 0 Å². The van der Waals surface area contributed by atoms with Gasteiger partial charge in [0, 0.05) is 24.2 Å². The smallest absolute Gasteiger partial charge is 0.273 e. The highest BCUT2D eigenvalue weighted by molar-refractivity contribution is 5.89. The Morgan fingerprint density at radius 2 is 1.65 bits per heavy atom. The molecular formula is C24H31N3O4. The molecule has 0 saturated heterocycles. The molecule has 0 saturated carbocycles. The normalized spacial score (nSPS) is 12.6. The first-order valence-electron chi connectivity index (χ1n) is 10.6. The van der Waals surface area contributed by atoms with Crippen LogP contribution in [0.4, 0.5) is 5.69 Å². The molecule has 0 aliphatic carbocycles. The maximum absolute atomic E-state index is 13.4. The van der Waals surface area contributed by atoms with Gasteiger partial charge in [-0.05, 0) is 37.8 Å². The number of amides is 2. The first-order chi connectivity index (χ1) is 14.8. The van der Waals surface area contributed by atoms with Gasteiger partial charge in [0.1, 0.15) is 6.04 Å². The zero-order chi connectivity index (χ0) is 23.0. The topological polar surface area (TPSA) is 92.6 Å². The van der Waals surface area contributed by atoms with Crippen molar-refractivity contribution in [2.45, 2.75) is 65.6 Å². The highest BCUT2D eigenvalue weighted by Crippen LogP contribution is 2.22. The highest BCUT2D eigenvalue weighted by Gasteiger charge is 2.30. The summed E-state index contributed by atoms with van der Waals surface area (Å²) in [6, 6.07) is 13.3. The minimum atomic E-state index is -0.663. The second kappa shape index (κ2) is 11.2. The number of nitrogens with one attached hydrogen (secondary N) is 1. The molecule has 1 N–H and O–H groups in total. The maximum atomic E-state index is 13.4. The summed E-state index contributed by atoms with van der Waals surface area (Å²) >= 11 is 0. The Bertz CT molecular complexity index is 929. The van der Waals surface area contributed by atoms with E-state index in [1.165, 1.54) is 6.07 Å². The summed E-state index contributed by atoms with van der Waals surface area (Å²) in [4.78, 5) is 38.8. The zero-order valence-corrected chi connectivity index (χ0v) is 18.6.